The van der Waals surface area contributed by atoms with Gasteiger partial charge in [0.05, 0.1) is 12.2 Å². The Balaban J connectivity index is 2.21. The van der Waals surface area contributed by atoms with Crippen LogP contribution in [-0.2, 0) is 9.47 Å². The van der Waals surface area contributed by atoms with E-state index in [-0.39, 0.29) is 5.79 Å². The molecule has 0 aliphatic carbocycles. The van der Waals surface area contributed by atoms with Crippen LogP contribution in [-0.4, -0.2) is 18.0 Å². The van der Waals surface area contributed by atoms with Crippen molar-refractivity contribution in [2.45, 2.75) is 116 Å². The summed E-state index contributed by atoms with van der Waals surface area (Å²) in [6, 6.07) is 0. The highest BCUT2D eigenvalue weighted by molar-refractivity contribution is 4.81. The molecule has 0 saturated carbocycles. The van der Waals surface area contributed by atoms with Crippen LogP contribution in [0.1, 0.15) is 97.8 Å². The first-order valence-electron chi connectivity index (χ1n) is 9.55. The molecule has 130 valence electrons. The molecule has 2 atom stereocenters. The highest BCUT2D eigenvalue weighted by atomic mass is 16.7. The van der Waals surface area contributed by atoms with E-state index in [9.17, 15) is 0 Å². The van der Waals surface area contributed by atoms with E-state index < -0.39 is 0 Å². The van der Waals surface area contributed by atoms with Crippen molar-refractivity contribution in [2.75, 3.05) is 0 Å². The lowest BCUT2D eigenvalue weighted by molar-refractivity contribution is -0.147. The van der Waals surface area contributed by atoms with Crippen LogP contribution in [0.5, 0.6) is 0 Å². The molecule has 0 N–H and O–H groups in total. The van der Waals surface area contributed by atoms with Crippen LogP contribution in [0, 0.1) is 0 Å². The maximum atomic E-state index is 6.13. The van der Waals surface area contributed by atoms with E-state index in [1.54, 1.807) is 0 Å². The molecule has 1 aliphatic rings. The monoisotopic (exact) mass is 310 g/mol. The number of hydrogen-bond donors (Lipinski definition) is 0. The fourth-order valence-electron chi connectivity index (χ4n) is 3.34. The minimum absolute atomic E-state index is 0.306. The van der Waals surface area contributed by atoms with Gasteiger partial charge in [-0.15, -0.1) is 6.58 Å². The summed E-state index contributed by atoms with van der Waals surface area (Å²) in [7, 11) is 0. The molecular formula is C20H38O2. The van der Waals surface area contributed by atoms with Crippen LogP contribution in [0.15, 0.2) is 12.7 Å². The number of hydrogen-bond acceptors (Lipinski definition) is 2. The van der Waals surface area contributed by atoms with E-state index >= 15 is 0 Å². The van der Waals surface area contributed by atoms with Gasteiger partial charge in [0.2, 0.25) is 0 Å². The number of unbranched alkanes of at least 4 members (excludes halogenated alkanes) is 8. The molecule has 0 spiro atoms. The van der Waals surface area contributed by atoms with E-state index in [0.29, 0.717) is 12.2 Å². The lowest BCUT2D eigenvalue weighted by Crippen LogP contribution is -2.22. The zero-order chi connectivity index (χ0) is 16.3. The first kappa shape index (κ1) is 19.7. The summed E-state index contributed by atoms with van der Waals surface area (Å²) in [6.45, 7) is 10.2. The predicted molar refractivity (Wildman–Crippen MR) is 95.1 cm³/mol. The van der Waals surface area contributed by atoms with E-state index in [1.807, 2.05) is 6.08 Å². The van der Waals surface area contributed by atoms with Crippen molar-refractivity contribution >= 4 is 0 Å². The van der Waals surface area contributed by atoms with Gasteiger partial charge >= 0.3 is 0 Å². The summed E-state index contributed by atoms with van der Waals surface area (Å²) < 4.78 is 12.3. The average Bonchev–Trinajstić information content (AvgIpc) is 2.77. The van der Waals surface area contributed by atoms with Crippen molar-refractivity contribution in [3.8, 4) is 0 Å². The molecule has 0 unspecified atom stereocenters. The zero-order valence-electron chi connectivity index (χ0n) is 15.2. The Hall–Kier alpha value is -0.340. The van der Waals surface area contributed by atoms with Crippen LogP contribution in [0.25, 0.3) is 0 Å². The van der Waals surface area contributed by atoms with Crippen LogP contribution in [0.2, 0.25) is 0 Å². The number of rotatable bonds is 13. The van der Waals surface area contributed by atoms with Gasteiger partial charge in [-0.25, -0.2) is 0 Å². The normalized spacial score (nSPS) is 23.8. The van der Waals surface area contributed by atoms with Crippen molar-refractivity contribution in [2.24, 2.45) is 0 Å². The third kappa shape index (κ3) is 8.33. The zero-order valence-corrected chi connectivity index (χ0v) is 15.2. The van der Waals surface area contributed by atoms with Crippen molar-refractivity contribution in [1.82, 2.24) is 0 Å². The van der Waals surface area contributed by atoms with Gasteiger partial charge in [0.15, 0.2) is 5.79 Å². The largest absolute Gasteiger partial charge is 0.345 e. The summed E-state index contributed by atoms with van der Waals surface area (Å²) in [4.78, 5) is 0. The smallest absolute Gasteiger partial charge is 0.163 e. The molecule has 22 heavy (non-hydrogen) atoms. The topological polar surface area (TPSA) is 18.5 Å². The highest BCUT2D eigenvalue weighted by Crippen LogP contribution is 2.33. The summed E-state index contributed by atoms with van der Waals surface area (Å²) >= 11 is 0. The Morgan fingerprint density at radius 2 is 1.32 bits per heavy atom. The molecule has 0 radical (unpaired) electrons. The van der Waals surface area contributed by atoms with Crippen molar-refractivity contribution in [3.63, 3.8) is 0 Å². The van der Waals surface area contributed by atoms with Gasteiger partial charge in [-0.1, -0.05) is 64.4 Å². The second-order valence-electron chi connectivity index (χ2n) is 7.20. The summed E-state index contributed by atoms with van der Waals surface area (Å²) in [5, 5.41) is 0. The van der Waals surface area contributed by atoms with Crippen LogP contribution < -0.4 is 0 Å². The predicted octanol–water partition coefficient (Wildman–Crippen LogP) is 6.39. The van der Waals surface area contributed by atoms with Crippen molar-refractivity contribution < 1.29 is 9.47 Å². The second-order valence-corrected chi connectivity index (χ2v) is 7.20. The maximum Gasteiger partial charge on any atom is 0.163 e. The molecular weight excluding hydrogens is 272 g/mol. The molecule has 0 aromatic carbocycles. The molecule has 1 rings (SSSR count). The van der Waals surface area contributed by atoms with E-state index in [0.717, 1.165) is 19.3 Å². The molecule has 1 aliphatic heterocycles. The van der Waals surface area contributed by atoms with E-state index in [1.165, 1.54) is 57.8 Å². The molecule has 1 saturated heterocycles. The number of ether oxygens (including phenoxy) is 2. The molecule has 0 aromatic rings. The summed E-state index contributed by atoms with van der Waals surface area (Å²) in [5.74, 6) is -0.387. The number of allylic oxidation sites excluding steroid dienone is 1. The highest BCUT2D eigenvalue weighted by Gasteiger charge is 2.40. The maximum absolute atomic E-state index is 6.13. The average molecular weight is 311 g/mol. The Bertz CT molecular complexity index is 285. The van der Waals surface area contributed by atoms with Crippen LogP contribution in [0.4, 0.5) is 0 Å². The summed E-state index contributed by atoms with van der Waals surface area (Å²) in [5.41, 5.74) is 0. The fourth-order valence-corrected chi connectivity index (χ4v) is 3.34. The fraction of sp³-hybridized carbons (Fsp3) is 0.900. The molecule has 1 fully saturated rings. The minimum atomic E-state index is -0.387. The first-order chi connectivity index (χ1) is 10.6. The van der Waals surface area contributed by atoms with Gasteiger partial charge in [-0.05, 0) is 39.5 Å². The SMILES string of the molecule is C=CCCCCCC[C@@H]1OC(C)(C)O[C@H]1CCCCCCC. The van der Waals surface area contributed by atoms with Gasteiger partial charge in [0.1, 0.15) is 0 Å². The quantitative estimate of drug-likeness (QED) is 0.290. The van der Waals surface area contributed by atoms with E-state index in [2.05, 4.69) is 27.4 Å². The standard InChI is InChI=1S/C20H38O2/c1-5-7-9-11-13-15-17-19-18(21-20(3,4)22-19)16-14-12-10-8-6-2/h5,18-19H,1,6-17H2,2-4H3/t18-,19-/m0/s1. The minimum Gasteiger partial charge on any atom is -0.345 e. The van der Waals surface area contributed by atoms with Gasteiger partial charge < -0.3 is 9.47 Å². The lowest BCUT2D eigenvalue weighted by Gasteiger charge is -2.16. The Labute approximate surface area is 138 Å². The summed E-state index contributed by atoms with van der Waals surface area (Å²) in [6.07, 6.45) is 17.9. The Kier molecular flexibility index (Phi) is 10.1. The van der Waals surface area contributed by atoms with Crippen molar-refractivity contribution in [1.29, 1.82) is 0 Å². The third-order valence-corrected chi connectivity index (χ3v) is 4.52. The molecule has 1 heterocycles. The van der Waals surface area contributed by atoms with Crippen molar-refractivity contribution in [3.05, 3.63) is 12.7 Å². The Morgan fingerprint density at radius 1 is 0.818 bits per heavy atom. The molecule has 0 amide bonds. The molecule has 0 bridgehead atoms. The van der Waals surface area contributed by atoms with Crippen LogP contribution in [0.3, 0.4) is 0 Å². The van der Waals surface area contributed by atoms with Crippen LogP contribution >= 0.6 is 0 Å². The van der Waals surface area contributed by atoms with Gasteiger partial charge in [0.25, 0.3) is 0 Å². The molecule has 2 heteroatoms. The third-order valence-electron chi connectivity index (χ3n) is 4.52. The first-order valence-corrected chi connectivity index (χ1v) is 9.55. The van der Waals surface area contributed by atoms with E-state index in [4.69, 9.17) is 9.47 Å². The second kappa shape index (κ2) is 11.2. The van der Waals surface area contributed by atoms with Gasteiger partial charge in [-0.3, -0.25) is 0 Å². The van der Waals surface area contributed by atoms with Gasteiger partial charge in [-0.2, -0.15) is 0 Å². The molecule has 2 nitrogen and oxygen atoms in total. The lowest BCUT2D eigenvalue weighted by atomic mass is 10.00. The van der Waals surface area contributed by atoms with Gasteiger partial charge in [0, 0.05) is 0 Å². The molecule has 0 aromatic heterocycles. The Morgan fingerprint density at radius 3 is 1.82 bits per heavy atom.